The summed E-state index contributed by atoms with van der Waals surface area (Å²) in [6.07, 6.45) is 3.64. The number of hydrogen-bond acceptors (Lipinski definition) is 5. The van der Waals surface area contributed by atoms with Crippen LogP contribution in [0.3, 0.4) is 0 Å². The molecule has 1 atom stereocenters. The Bertz CT molecular complexity index is 723. The van der Waals surface area contributed by atoms with Gasteiger partial charge < -0.3 is 9.64 Å². The van der Waals surface area contributed by atoms with Gasteiger partial charge in [-0.1, -0.05) is 12.8 Å². The number of amides is 1. The van der Waals surface area contributed by atoms with Crippen LogP contribution in [0.5, 0.6) is 0 Å². The van der Waals surface area contributed by atoms with Crippen molar-refractivity contribution >= 4 is 5.91 Å². The fraction of sp³-hybridized carbons (Fsp3) is 0.529. The predicted octanol–water partition coefficient (Wildman–Crippen LogP) is 1.61. The van der Waals surface area contributed by atoms with Gasteiger partial charge in [0.25, 0.3) is 5.91 Å². The third kappa shape index (κ3) is 3.03. The lowest BCUT2D eigenvalue weighted by Gasteiger charge is -2.36. The summed E-state index contributed by atoms with van der Waals surface area (Å²) in [4.78, 5) is 14.9. The first kappa shape index (κ1) is 15.3. The molecular weight excluding hydrogens is 306 g/mol. The summed E-state index contributed by atoms with van der Waals surface area (Å²) >= 11 is 0. The van der Waals surface area contributed by atoms with Crippen molar-refractivity contribution in [2.75, 3.05) is 19.8 Å². The quantitative estimate of drug-likeness (QED) is 0.853. The van der Waals surface area contributed by atoms with Crippen LogP contribution in [0.2, 0.25) is 0 Å². The van der Waals surface area contributed by atoms with Gasteiger partial charge in [-0.2, -0.15) is 4.68 Å². The van der Waals surface area contributed by atoms with E-state index in [1.54, 1.807) is 4.68 Å². The number of rotatable bonds is 4. The summed E-state index contributed by atoms with van der Waals surface area (Å²) in [5, 5.41) is 11.5. The number of benzene rings is 1. The SMILES string of the molecule is Cc1nnnn1-c1ccc(C(=O)N2CCOCC2CC2CC2)cc1. The van der Waals surface area contributed by atoms with Crippen LogP contribution in [0.25, 0.3) is 5.69 Å². The van der Waals surface area contributed by atoms with Gasteiger partial charge in [-0.25, -0.2) is 0 Å². The van der Waals surface area contributed by atoms with E-state index in [2.05, 4.69) is 15.5 Å². The van der Waals surface area contributed by atoms with Crippen molar-refractivity contribution in [2.45, 2.75) is 32.2 Å². The Kier molecular flexibility index (Phi) is 4.02. The maximum atomic E-state index is 12.9. The molecule has 7 nitrogen and oxygen atoms in total. The number of tetrazole rings is 1. The monoisotopic (exact) mass is 327 g/mol. The number of morpholine rings is 1. The molecule has 1 aliphatic carbocycles. The van der Waals surface area contributed by atoms with Gasteiger partial charge in [0, 0.05) is 12.1 Å². The van der Waals surface area contributed by atoms with Gasteiger partial charge in [-0.15, -0.1) is 5.10 Å². The Balaban J connectivity index is 1.51. The molecule has 0 radical (unpaired) electrons. The average molecular weight is 327 g/mol. The van der Waals surface area contributed by atoms with Gasteiger partial charge in [0.05, 0.1) is 24.9 Å². The number of aromatic nitrogens is 4. The average Bonchev–Trinajstić information content (AvgIpc) is 3.33. The van der Waals surface area contributed by atoms with Crippen molar-refractivity contribution < 1.29 is 9.53 Å². The van der Waals surface area contributed by atoms with Gasteiger partial charge in [0.15, 0.2) is 5.82 Å². The van der Waals surface area contributed by atoms with E-state index in [0.717, 1.165) is 18.0 Å². The van der Waals surface area contributed by atoms with E-state index >= 15 is 0 Å². The van der Waals surface area contributed by atoms with Crippen molar-refractivity contribution in [1.82, 2.24) is 25.1 Å². The van der Waals surface area contributed by atoms with E-state index in [1.165, 1.54) is 12.8 Å². The molecule has 1 amide bonds. The number of carbonyl (C=O) groups excluding carboxylic acids is 1. The highest BCUT2D eigenvalue weighted by molar-refractivity contribution is 5.94. The number of ether oxygens (including phenoxy) is 1. The van der Waals surface area contributed by atoms with Crippen LogP contribution in [-0.2, 0) is 4.74 Å². The highest BCUT2D eigenvalue weighted by atomic mass is 16.5. The molecule has 24 heavy (non-hydrogen) atoms. The summed E-state index contributed by atoms with van der Waals surface area (Å²) in [5.41, 5.74) is 1.55. The van der Waals surface area contributed by atoms with Crippen molar-refractivity contribution in [3.8, 4) is 5.69 Å². The first-order chi connectivity index (χ1) is 11.7. The highest BCUT2D eigenvalue weighted by Gasteiger charge is 2.33. The third-order valence-electron chi connectivity index (χ3n) is 4.77. The molecule has 2 aliphatic rings. The molecule has 0 bridgehead atoms. The molecule has 1 saturated heterocycles. The smallest absolute Gasteiger partial charge is 0.254 e. The highest BCUT2D eigenvalue weighted by Crippen LogP contribution is 2.35. The Labute approximate surface area is 140 Å². The largest absolute Gasteiger partial charge is 0.377 e. The van der Waals surface area contributed by atoms with Crippen LogP contribution >= 0.6 is 0 Å². The summed E-state index contributed by atoms with van der Waals surface area (Å²) < 4.78 is 7.24. The second-order valence-corrected chi connectivity index (χ2v) is 6.59. The second kappa shape index (κ2) is 6.32. The van der Waals surface area contributed by atoms with E-state index in [9.17, 15) is 4.79 Å². The molecular formula is C17H21N5O2. The zero-order valence-electron chi connectivity index (χ0n) is 13.8. The molecule has 2 aromatic rings. The molecule has 2 heterocycles. The lowest BCUT2D eigenvalue weighted by Crippen LogP contribution is -2.48. The molecule has 2 fully saturated rings. The normalized spacial score (nSPS) is 21.0. The van der Waals surface area contributed by atoms with E-state index in [1.807, 2.05) is 36.1 Å². The van der Waals surface area contributed by atoms with Gasteiger partial charge in [0.1, 0.15) is 0 Å². The van der Waals surface area contributed by atoms with Gasteiger partial charge >= 0.3 is 0 Å². The van der Waals surface area contributed by atoms with Gasteiger partial charge in [0.2, 0.25) is 0 Å². The Morgan fingerprint density at radius 2 is 2.08 bits per heavy atom. The van der Waals surface area contributed by atoms with E-state index in [4.69, 9.17) is 4.74 Å². The minimum Gasteiger partial charge on any atom is -0.377 e. The van der Waals surface area contributed by atoms with Crippen LogP contribution in [0.15, 0.2) is 24.3 Å². The first-order valence-electron chi connectivity index (χ1n) is 8.46. The van der Waals surface area contributed by atoms with Crippen molar-refractivity contribution in [1.29, 1.82) is 0 Å². The van der Waals surface area contributed by atoms with E-state index < -0.39 is 0 Å². The molecule has 126 valence electrons. The standard InChI is InChI=1S/C17H21N5O2/c1-12-18-19-20-22(12)15-6-4-14(5-7-15)17(23)21-8-9-24-11-16(21)10-13-2-3-13/h4-7,13,16H,2-3,8-11H2,1H3. The molecule has 1 saturated carbocycles. The van der Waals surface area contributed by atoms with Gasteiger partial charge in [-0.05, 0) is 54.0 Å². The second-order valence-electron chi connectivity index (χ2n) is 6.59. The lowest BCUT2D eigenvalue weighted by atomic mass is 10.1. The first-order valence-corrected chi connectivity index (χ1v) is 8.46. The fourth-order valence-electron chi connectivity index (χ4n) is 3.24. The molecule has 1 aromatic heterocycles. The van der Waals surface area contributed by atoms with E-state index in [0.29, 0.717) is 31.1 Å². The molecule has 1 unspecified atom stereocenters. The molecule has 4 rings (SSSR count). The van der Waals surface area contributed by atoms with Gasteiger partial charge in [-0.3, -0.25) is 4.79 Å². The molecule has 1 aromatic carbocycles. The Morgan fingerprint density at radius 3 is 2.75 bits per heavy atom. The molecule has 0 N–H and O–H groups in total. The fourth-order valence-corrected chi connectivity index (χ4v) is 3.24. The summed E-state index contributed by atoms with van der Waals surface area (Å²) in [6, 6.07) is 7.67. The number of nitrogens with zero attached hydrogens (tertiary/aromatic N) is 5. The minimum absolute atomic E-state index is 0.0870. The van der Waals surface area contributed by atoms with Crippen LogP contribution < -0.4 is 0 Å². The summed E-state index contributed by atoms with van der Waals surface area (Å²) in [5.74, 6) is 1.58. The zero-order chi connectivity index (χ0) is 16.5. The maximum Gasteiger partial charge on any atom is 0.254 e. The van der Waals surface area contributed by atoms with Crippen molar-refractivity contribution in [2.24, 2.45) is 5.92 Å². The number of aryl methyl sites for hydroxylation is 1. The molecule has 0 spiro atoms. The van der Waals surface area contributed by atoms with Crippen LogP contribution in [0, 0.1) is 12.8 Å². The molecule has 1 aliphatic heterocycles. The third-order valence-corrected chi connectivity index (χ3v) is 4.77. The Morgan fingerprint density at radius 1 is 1.29 bits per heavy atom. The van der Waals surface area contributed by atoms with Crippen LogP contribution in [0.1, 0.15) is 35.4 Å². The lowest BCUT2D eigenvalue weighted by molar-refractivity contribution is -0.00569. The number of carbonyl (C=O) groups is 1. The molecule has 7 heteroatoms. The topological polar surface area (TPSA) is 73.1 Å². The summed E-state index contributed by atoms with van der Waals surface area (Å²) in [6.45, 7) is 3.79. The predicted molar refractivity (Wildman–Crippen MR) is 86.9 cm³/mol. The number of hydrogen-bond donors (Lipinski definition) is 0. The van der Waals surface area contributed by atoms with Crippen molar-refractivity contribution in [3.05, 3.63) is 35.7 Å². The van der Waals surface area contributed by atoms with Crippen LogP contribution in [-0.4, -0.2) is 56.8 Å². The summed E-state index contributed by atoms with van der Waals surface area (Å²) in [7, 11) is 0. The van der Waals surface area contributed by atoms with Crippen molar-refractivity contribution in [3.63, 3.8) is 0 Å². The maximum absolute atomic E-state index is 12.9. The Hall–Kier alpha value is -2.28. The van der Waals surface area contributed by atoms with Crippen LogP contribution in [0.4, 0.5) is 0 Å². The van der Waals surface area contributed by atoms with E-state index in [-0.39, 0.29) is 11.9 Å². The minimum atomic E-state index is 0.0870. The zero-order valence-corrected chi connectivity index (χ0v) is 13.8.